The van der Waals surface area contributed by atoms with E-state index in [4.69, 9.17) is 23.7 Å². The zero-order chi connectivity index (χ0) is 18.4. The van der Waals surface area contributed by atoms with Crippen LogP contribution in [0.3, 0.4) is 0 Å². The van der Waals surface area contributed by atoms with Gasteiger partial charge in [0.2, 0.25) is 0 Å². The van der Waals surface area contributed by atoms with E-state index in [0.717, 1.165) is 25.7 Å². The van der Waals surface area contributed by atoms with Crippen LogP contribution < -0.4 is 9.47 Å². The molecule has 5 nitrogen and oxygen atoms in total. The van der Waals surface area contributed by atoms with Crippen molar-refractivity contribution in [1.82, 2.24) is 0 Å². The van der Waals surface area contributed by atoms with Crippen LogP contribution in [0.4, 0.5) is 0 Å². The fraction of sp³-hybridized carbons (Fsp3) is 0.455. The van der Waals surface area contributed by atoms with Crippen molar-refractivity contribution in [3.8, 4) is 11.5 Å². The van der Waals surface area contributed by atoms with Crippen LogP contribution in [0.2, 0.25) is 0 Å². The molecule has 0 N–H and O–H groups in total. The minimum atomic E-state index is -1.22. The molecule has 0 aromatic heterocycles. The molecule has 5 heteroatoms. The Hall–Kier alpha value is -2.08. The zero-order valence-corrected chi connectivity index (χ0v) is 15.5. The Morgan fingerprint density at radius 3 is 1.41 bits per heavy atom. The standard InChI is InChI=1S/C22H26O5/c1-3-11-19(12-4-1)25-21(15-7-9-17-23-21)27-22(16-8-10-18-24-22)26-20-13-5-2-6-14-20/h1-6,11-14H,7-10,15-18H2. The summed E-state index contributed by atoms with van der Waals surface area (Å²) in [5.74, 6) is -1.03. The van der Waals surface area contributed by atoms with Gasteiger partial charge < -0.3 is 18.9 Å². The van der Waals surface area contributed by atoms with Crippen LogP contribution in [0.5, 0.6) is 11.5 Å². The number of hydrogen-bond acceptors (Lipinski definition) is 5. The lowest BCUT2D eigenvalue weighted by Gasteiger charge is -2.44. The van der Waals surface area contributed by atoms with E-state index in [-0.39, 0.29) is 0 Å². The van der Waals surface area contributed by atoms with E-state index in [1.807, 2.05) is 60.7 Å². The van der Waals surface area contributed by atoms with Crippen LogP contribution in [0.15, 0.2) is 60.7 Å². The van der Waals surface area contributed by atoms with Crippen molar-refractivity contribution in [1.29, 1.82) is 0 Å². The van der Waals surface area contributed by atoms with Crippen molar-refractivity contribution in [2.24, 2.45) is 0 Å². The highest BCUT2D eigenvalue weighted by Crippen LogP contribution is 2.38. The van der Waals surface area contributed by atoms with E-state index in [1.165, 1.54) is 0 Å². The summed E-state index contributed by atoms with van der Waals surface area (Å²) >= 11 is 0. The third-order valence-electron chi connectivity index (χ3n) is 4.74. The molecule has 2 aliphatic rings. The Morgan fingerprint density at radius 2 is 1.04 bits per heavy atom. The Labute approximate surface area is 160 Å². The number of ether oxygens (including phenoxy) is 5. The first-order valence-corrected chi connectivity index (χ1v) is 9.74. The van der Waals surface area contributed by atoms with Crippen LogP contribution >= 0.6 is 0 Å². The summed E-state index contributed by atoms with van der Waals surface area (Å²) in [5, 5.41) is 0. The third kappa shape index (κ3) is 4.61. The van der Waals surface area contributed by atoms with Gasteiger partial charge in [-0.05, 0) is 49.9 Å². The molecule has 27 heavy (non-hydrogen) atoms. The van der Waals surface area contributed by atoms with Crippen molar-refractivity contribution in [3.05, 3.63) is 60.7 Å². The number of benzene rings is 2. The molecule has 0 amide bonds. The predicted molar refractivity (Wildman–Crippen MR) is 100 cm³/mol. The van der Waals surface area contributed by atoms with E-state index in [1.54, 1.807) is 0 Å². The average molecular weight is 370 g/mol. The summed E-state index contributed by atoms with van der Waals surface area (Å²) in [6, 6.07) is 19.2. The molecule has 0 radical (unpaired) electrons. The van der Waals surface area contributed by atoms with Gasteiger partial charge in [-0.15, -0.1) is 0 Å². The molecule has 2 fully saturated rings. The summed E-state index contributed by atoms with van der Waals surface area (Å²) in [7, 11) is 0. The van der Waals surface area contributed by atoms with Gasteiger partial charge in [0.1, 0.15) is 11.5 Å². The van der Waals surface area contributed by atoms with Crippen LogP contribution in [0.1, 0.15) is 38.5 Å². The summed E-state index contributed by atoms with van der Waals surface area (Å²) in [6.07, 6.45) is 5.10. The van der Waals surface area contributed by atoms with Gasteiger partial charge in [-0.3, -0.25) is 0 Å². The molecule has 144 valence electrons. The summed E-state index contributed by atoms with van der Waals surface area (Å²) in [5.41, 5.74) is 0. The van der Waals surface area contributed by atoms with Crippen LogP contribution in [-0.2, 0) is 14.2 Å². The van der Waals surface area contributed by atoms with Gasteiger partial charge in [-0.2, -0.15) is 0 Å². The second kappa shape index (κ2) is 8.30. The lowest BCUT2D eigenvalue weighted by molar-refractivity contribution is -0.482. The summed E-state index contributed by atoms with van der Waals surface area (Å²) < 4.78 is 30.9. The highest BCUT2D eigenvalue weighted by molar-refractivity contribution is 5.22. The Kier molecular flexibility index (Phi) is 5.62. The van der Waals surface area contributed by atoms with Gasteiger partial charge in [0.15, 0.2) is 0 Å². The molecule has 2 saturated heterocycles. The van der Waals surface area contributed by atoms with Crippen molar-refractivity contribution in [3.63, 3.8) is 0 Å². The van der Waals surface area contributed by atoms with Crippen molar-refractivity contribution in [2.75, 3.05) is 13.2 Å². The molecule has 4 rings (SSSR count). The molecular weight excluding hydrogens is 344 g/mol. The van der Waals surface area contributed by atoms with Crippen molar-refractivity contribution in [2.45, 2.75) is 50.5 Å². The van der Waals surface area contributed by atoms with E-state index in [9.17, 15) is 0 Å². The molecule has 0 aliphatic carbocycles. The molecular formula is C22H26O5. The first-order valence-electron chi connectivity index (χ1n) is 9.74. The minimum absolute atomic E-state index is 0.578. The summed E-state index contributed by atoms with van der Waals surface area (Å²) in [4.78, 5) is 0. The van der Waals surface area contributed by atoms with Crippen LogP contribution in [0, 0.1) is 0 Å². The molecule has 2 aromatic carbocycles. The fourth-order valence-corrected chi connectivity index (χ4v) is 3.42. The Morgan fingerprint density at radius 1 is 0.593 bits per heavy atom. The second-order valence-corrected chi connectivity index (χ2v) is 6.91. The van der Waals surface area contributed by atoms with Crippen LogP contribution in [0.25, 0.3) is 0 Å². The molecule has 2 unspecified atom stereocenters. The highest BCUT2D eigenvalue weighted by Gasteiger charge is 2.49. The maximum Gasteiger partial charge on any atom is 0.331 e. The molecule has 0 spiro atoms. The predicted octanol–water partition coefficient (Wildman–Crippen LogP) is 4.87. The van der Waals surface area contributed by atoms with E-state index >= 15 is 0 Å². The molecule has 2 atom stereocenters. The molecule has 0 saturated carbocycles. The topological polar surface area (TPSA) is 46.2 Å². The van der Waals surface area contributed by atoms with Gasteiger partial charge >= 0.3 is 11.9 Å². The highest BCUT2D eigenvalue weighted by atomic mass is 17.0. The molecule has 2 aromatic rings. The fourth-order valence-electron chi connectivity index (χ4n) is 3.42. The van der Waals surface area contributed by atoms with Gasteiger partial charge in [-0.1, -0.05) is 36.4 Å². The van der Waals surface area contributed by atoms with E-state index < -0.39 is 11.9 Å². The SMILES string of the molecule is c1ccc(OC2(OC3(Oc4ccccc4)CCCCO3)CCCCO2)cc1. The lowest BCUT2D eigenvalue weighted by atomic mass is 10.1. The van der Waals surface area contributed by atoms with Crippen molar-refractivity contribution >= 4 is 0 Å². The largest absolute Gasteiger partial charge is 0.439 e. The zero-order valence-electron chi connectivity index (χ0n) is 15.5. The first-order chi connectivity index (χ1) is 13.3. The van der Waals surface area contributed by atoms with Gasteiger partial charge in [-0.25, -0.2) is 4.74 Å². The van der Waals surface area contributed by atoms with E-state index in [2.05, 4.69) is 0 Å². The van der Waals surface area contributed by atoms with Crippen LogP contribution in [-0.4, -0.2) is 25.2 Å². The Bertz CT molecular complexity index is 630. The monoisotopic (exact) mass is 370 g/mol. The third-order valence-corrected chi connectivity index (χ3v) is 4.74. The molecule has 0 bridgehead atoms. The smallest absolute Gasteiger partial charge is 0.331 e. The summed E-state index contributed by atoms with van der Waals surface area (Å²) in [6.45, 7) is 1.16. The number of hydrogen-bond donors (Lipinski definition) is 0. The molecule has 2 aliphatic heterocycles. The first kappa shape index (κ1) is 18.3. The van der Waals surface area contributed by atoms with Crippen molar-refractivity contribution < 1.29 is 23.7 Å². The average Bonchev–Trinajstić information content (AvgIpc) is 2.70. The van der Waals surface area contributed by atoms with E-state index in [0.29, 0.717) is 37.6 Å². The minimum Gasteiger partial charge on any atom is -0.439 e. The second-order valence-electron chi connectivity index (χ2n) is 6.91. The molecule has 2 heterocycles. The van der Waals surface area contributed by atoms with Gasteiger partial charge in [0, 0.05) is 12.8 Å². The quantitative estimate of drug-likeness (QED) is 0.679. The Balaban J connectivity index is 1.59. The lowest BCUT2D eigenvalue weighted by Crippen LogP contribution is -2.56. The van der Waals surface area contributed by atoms with Gasteiger partial charge in [0.25, 0.3) is 0 Å². The van der Waals surface area contributed by atoms with Gasteiger partial charge in [0.05, 0.1) is 13.2 Å². The number of para-hydroxylation sites is 2. The normalized spacial score (nSPS) is 28.4. The number of rotatable bonds is 6. The maximum atomic E-state index is 6.43. The maximum absolute atomic E-state index is 6.43.